The van der Waals surface area contributed by atoms with Crippen molar-refractivity contribution >= 4 is 17.5 Å². The second-order valence-corrected chi connectivity index (χ2v) is 6.09. The molecule has 3 aromatic rings. The van der Waals surface area contributed by atoms with Crippen LogP contribution in [0.4, 0.5) is 5.69 Å². The molecule has 0 aliphatic carbocycles. The first-order valence-electron chi connectivity index (χ1n) is 8.81. The zero-order valence-electron chi connectivity index (χ0n) is 15.2. The Bertz CT molecular complexity index is 930. The highest BCUT2D eigenvalue weighted by atomic mass is 16.5. The Morgan fingerprint density at radius 2 is 1.46 bits per heavy atom. The van der Waals surface area contributed by atoms with Crippen molar-refractivity contribution in [2.24, 2.45) is 5.73 Å². The van der Waals surface area contributed by atoms with Gasteiger partial charge in [-0.05, 0) is 29.8 Å². The molecule has 3 rings (SSSR count). The molecule has 6 nitrogen and oxygen atoms in total. The lowest BCUT2D eigenvalue weighted by molar-refractivity contribution is -0.123. The number of para-hydroxylation sites is 2. The molecule has 0 heterocycles. The Labute approximate surface area is 163 Å². The molecule has 0 bridgehead atoms. The minimum atomic E-state index is -0.606. The number of carbonyl (C=O) groups is 2. The van der Waals surface area contributed by atoms with Gasteiger partial charge in [-0.1, -0.05) is 60.7 Å². The first-order valence-corrected chi connectivity index (χ1v) is 8.81. The number of nitrogens with zero attached hydrogens (tertiary/aromatic N) is 1. The lowest BCUT2D eigenvalue weighted by atomic mass is 10.2. The maximum atomic E-state index is 12.5. The van der Waals surface area contributed by atoms with Crippen molar-refractivity contribution in [2.75, 3.05) is 11.6 Å². The number of ether oxygens (including phenoxy) is 1. The number of primary amides is 1. The molecule has 0 aliphatic rings. The van der Waals surface area contributed by atoms with E-state index < -0.39 is 5.91 Å². The number of benzene rings is 3. The SMILES string of the molecule is NC(=O)c1ccccc1OCC(=O)NN(Cc1ccccc1)c1ccccc1. The molecule has 0 aromatic heterocycles. The number of rotatable bonds is 8. The largest absolute Gasteiger partial charge is 0.483 e. The van der Waals surface area contributed by atoms with Gasteiger partial charge in [0, 0.05) is 0 Å². The van der Waals surface area contributed by atoms with Crippen LogP contribution in [-0.2, 0) is 11.3 Å². The van der Waals surface area contributed by atoms with Crippen LogP contribution in [0.1, 0.15) is 15.9 Å². The fourth-order valence-corrected chi connectivity index (χ4v) is 2.69. The van der Waals surface area contributed by atoms with Crippen molar-refractivity contribution in [3.63, 3.8) is 0 Å². The smallest absolute Gasteiger partial charge is 0.276 e. The molecule has 3 N–H and O–H groups in total. The van der Waals surface area contributed by atoms with E-state index in [1.807, 2.05) is 60.7 Å². The minimum absolute atomic E-state index is 0.236. The summed E-state index contributed by atoms with van der Waals surface area (Å²) in [6, 6.07) is 25.9. The maximum Gasteiger partial charge on any atom is 0.276 e. The average Bonchev–Trinajstić information content (AvgIpc) is 2.73. The average molecular weight is 375 g/mol. The van der Waals surface area contributed by atoms with Crippen molar-refractivity contribution < 1.29 is 14.3 Å². The van der Waals surface area contributed by atoms with Gasteiger partial charge in [-0.2, -0.15) is 0 Å². The molecule has 0 unspecified atom stereocenters. The Morgan fingerprint density at radius 3 is 2.14 bits per heavy atom. The van der Waals surface area contributed by atoms with E-state index in [0.717, 1.165) is 11.3 Å². The molecule has 0 aliphatic heterocycles. The summed E-state index contributed by atoms with van der Waals surface area (Å²) in [5, 5.41) is 1.75. The van der Waals surface area contributed by atoms with Gasteiger partial charge in [-0.3, -0.25) is 20.0 Å². The van der Waals surface area contributed by atoms with Crippen LogP contribution in [0.3, 0.4) is 0 Å². The highest BCUT2D eigenvalue weighted by molar-refractivity contribution is 5.95. The van der Waals surface area contributed by atoms with Gasteiger partial charge in [0.05, 0.1) is 17.8 Å². The van der Waals surface area contributed by atoms with Gasteiger partial charge in [0.25, 0.3) is 11.8 Å². The first kappa shape index (κ1) is 19.0. The summed E-state index contributed by atoms with van der Waals surface area (Å²) in [6.07, 6.45) is 0. The number of hydrazine groups is 1. The van der Waals surface area contributed by atoms with E-state index in [2.05, 4.69) is 5.43 Å². The fourth-order valence-electron chi connectivity index (χ4n) is 2.69. The summed E-state index contributed by atoms with van der Waals surface area (Å²) in [4.78, 5) is 23.9. The first-order chi connectivity index (χ1) is 13.6. The van der Waals surface area contributed by atoms with Crippen LogP contribution >= 0.6 is 0 Å². The van der Waals surface area contributed by atoms with Gasteiger partial charge >= 0.3 is 0 Å². The van der Waals surface area contributed by atoms with Gasteiger partial charge in [0.1, 0.15) is 5.75 Å². The Kier molecular flexibility index (Phi) is 6.25. The molecule has 0 saturated heterocycles. The van der Waals surface area contributed by atoms with E-state index in [0.29, 0.717) is 6.54 Å². The lowest BCUT2D eigenvalue weighted by Gasteiger charge is -2.25. The zero-order valence-corrected chi connectivity index (χ0v) is 15.2. The van der Waals surface area contributed by atoms with Crippen LogP contribution in [0.2, 0.25) is 0 Å². The second-order valence-electron chi connectivity index (χ2n) is 6.09. The van der Waals surface area contributed by atoms with Crippen molar-refractivity contribution in [1.29, 1.82) is 0 Å². The van der Waals surface area contributed by atoms with E-state index in [4.69, 9.17) is 10.5 Å². The van der Waals surface area contributed by atoms with Crippen molar-refractivity contribution in [2.45, 2.75) is 6.54 Å². The molecule has 0 radical (unpaired) electrons. The lowest BCUT2D eigenvalue weighted by Crippen LogP contribution is -2.44. The monoisotopic (exact) mass is 375 g/mol. The molecule has 0 saturated carbocycles. The third-order valence-corrected chi connectivity index (χ3v) is 4.02. The summed E-state index contributed by atoms with van der Waals surface area (Å²) < 4.78 is 5.51. The van der Waals surface area contributed by atoms with Gasteiger partial charge in [0.15, 0.2) is 6.61 Å². The van der Waals surface area contributed by atoms with Crippen LogP contribution in [-0.4, -0.2) is 18.4 Å². The number of nitrogens with one attached hydrogen (secondary N) is 1. The quantitative estimate of drug-likeness (QED) is 0.593. The number of nitrogens with two attached hydrogens (primary N) is 1. The number of carbonyl (C=O) groups excluding carboxylic acids is 2. The molecule has 28 heavy (non-hydrogen) atoms. The highest BCUT2D eigenvalue weighted by Gasteiger charge is 2.14. The Morgan fingerprint density at radius 1 is 0.857 bits per heavy atom. The Hall–Kier alpha value is -3.80. The molecule has 142 valence electrons. The van der Waals surface area contributed by atoms with Gasteiger partial charge < -0.3 is 10.5 Å². The predicted molar refractivity (Wildman–Crippen MR) is 108 cm³/mol. The molecular weight excluding hydrogens is 354 g/mol. The standard InChI is InChI=1S/C22H21N3O3/c23-22(27)19-13-7-8-14-20(19)28-16-21(26)24-25(18-11-5-2-6-12-18)15-17-9-3-1-4-10-17/h1-14H,15-16H2,(H2,23,27)(H,24,26). The minimum Gasteiger partial charge on any atom is -0.483 e. The van der Waals surface area contributed by atoms with Gasteiger partial charge in [-0.25, -0.2) is 0 Å². The zero-order chi connectivity index (χ0) is 19.8. The van der Waals surface area contributed by atoms with E-state index in [1.165, 1.54) is 0 Å². The van der Waals surface area contributed by atoms with Crippen molar-refractivity contribution in [3.05, 3.63) is 96.1 Å². The van der Waals surface area contributed by atoms with Crippen molar-refractivity contribution in [1.82, 2.24) is 5.43 Å². The summed E-state index contributed by atoms with van der Waals surface area (Å²) in [5.74, 6) is -0.676. The van der Waals surface area contributed by atoms with E-state index in [1.54, 1.807) is 29.3 Å². The summed E-state index contributed by atoms with van der Waals surface area (Å²) in [7, 11) is 0. The number of anilines is 1. The number of hydrogen-bond donors (Lipinski definition) is 2. The van der Waals surface area contributed by atoms with Crippen LogP contribution in [0.25, 0.3) is 0 Å². The summed E-state index contributed by atoms with van der Waals surface area (Å²) in [6.45, 7) is 0.247. The molecule has 6 heteroatoms. The third-order valence-electron chi connectivity index (χ3n) is 4.02. The number of hydrogen-bond acceptors (Lipinski definition) is 4. The highest BCUT2D eigenvalue weighted by Crippen LogP contribution is 2.17. The molecule has 3 aromatic carbocycles. The molecule has 0 atom stereocenters. The van der Waals surface area contributed by atoms with E-state index in [-0.39, 0.29) is 23.8 Å². The van der Waals surface area contributed by atoms with Crippen LogP contribution in [0.5, 0.6) is 5.75 Å². The van der Waals surface area contributed by atoms with Crippen LogP contribution < -0.4 is 20.9 Å². The number of amides is 2. The maximum absolute atomic E-state index is 12.5. The molecule has 2 amide bonds. The van der Waals surface area contributed by atoms with Crippen molar-refractivity contribution in [3.8, 4) is 5.75 Å². The van der Waals surface area contributed by atoms with E-state index in [9.17, 15) is 9.59 Å². The normalized spacial score (nSPS) is 10.1. The molecule has 0 spiro atoms. The van der Waals surface area contributed by atoms with Gasteiger partial charge in [0.2, 0.25) is 0 Å². The van der Waals surface area contributed by atoms with Gasteiger partial charge in [-0.15, -0.1) is 0 Å². The van der Waals surface area contributed by atoms with Crippen LogP contribution in [0, 0.1) is 0 Å². The fraction of sp³-hybridized carbons (Fsp3) is 0.0909. The molecule has 0 fully saturated rings. The molecular formula is C22H21N3O3. The third kappa shape index (κ3) is 5.11. The topological polar surface area (TPSA) is 84.7 Å². The Balaban J connectivity index is 1.69. The van der Waals surface area contributed by atoms with Crippen LogP contribution in [0.15, 0.2) is 84.9 Å². The van der Waals surface area contributed by atoms with E-state index >= 15 is 0 Å². The second kappa shape index (κ2) is 9.23. The summed E-state index contributed by atoms with van der Waals surface area (Å²) >= 11 is 0. The summed E-state index contributed by atoms with van der Waals surface area (Å²) in [5.41, 5.74) is 10.3. The predicted octanol–water partition coefficient (Wildman–Crippen LogP) is 2.90.